The highest BCUT2D eigenvalue weighted by Gasteiger charge is 2.43. The van der Waals surface area contributed by atoms with Crippen LogP contribution in [0.1, 0.15) is 48.4 Å². The van der Waals surface area contributed by atoms with Crippen LogP contribution in [0.15, 0.2) is 48.5 Å². The van der Waals surface area contributed by atoms with Gasteiger partial charge in [0.15, 0.2) is 0 Å². The molecule has 3 fully saturated rings. The Morgan fingerprint density at radius 2 is 1.70 bits per heavy atom. The van der Waals surface area contributed by atoms with Crippen molar-refractivity contribution < 1.29 is 14.3 Å². The number of rotatable bonds is 4. The summed E-state index contributed by atoms with van der Waals surface area (Å²) in [6, 6.07) is 14.2. The predicted molar refractivity (Wildman–Crippen MR) is 113 cm³/mol. The van der Waals surface area contributed by atoms with Crippen LogP contribution in [0, 0.1) is 11.2 Å². The van der Waals surface area contributed by atoms with Crippen molar-refractivity contribution in [2.75, 3.05) is 26.2 Å². The number of carbonyl (C=O) groups is 1. The first-order valence-corrected chi connectivity index (χ1v) is 11.1. The Morgan fingerprint density at radius 3 is 2.40 bits per heavy atom. The van der Waals surface area contributed by atoms with Crippen LogP contribution in [0.25, 0.3) is 0 Å². The quantitative estimate of drug-likeness (QED) is 0.842. The first kappa shape index (κ1) is 19.7. The number of hydrogen-bond donors (Lipinski definition) is 1. The molecular weight excluding hydrogens is 379 g/mol. The molecule has 0 spiro atoms. The minimum atomic E-state index is -0.983. The van der Waals surface area contributed by atoms with Crippen molar-refractivity contribution in [3.05, 3.63) is 71.0 Å². The molecule has 1 amide bonds. The van der Waals surface area contributed by atoms with E-state index >= 15 is 0 Å². The normalized spacial score (nSPS) is 28.8. The average molecular weight is 409 g/mol. The molecule has 3 saturated heterocycles. The molecule has 2 bridgehead atoms. The van der Waals surface area contributed by atoms with Crippen LogP contribution in [0.5, 0.6) is 0 Å². The molecule has 0 unspecified atom stereocenters. The molecule has 0 aliphatic carbocycles. The molecule has 0 aromatic heterocycles. The minimum absolute atomic E-state index is 0.100. The number of benzene rings is 2. The van der Waals surface area contributed by atoms with E-state index in [4.69, 9.17) is 0 Å². The van der Waals surface area contributed by atoms with E-state index in [0.29, 0.717) is 13.0 Å². The molecule has 2 aromatic carbocycles. The van der Waals surface area contributed by atoms with E-state index in [2.05, 4.69) is 11.0 Å². The van der Waals surface area contributed by atoms with Gasteiger partial charge in [0.2, 0.25) is 0 Å². The van der Waals surface area contributed by atoms with Gasteiger partial charge in [0.25, 0.3) is 5.91 Å². The second-order valence-corrected chi connectivity index (χ2v) is 9.25. The number of aliphatic hydroxyl groups is 1. The molecule has 4 aliphatic rings. The molecule has 6 rings (SSSR count). The summed E-state index contributed by atoms with van der Waals surface area (Å²) in [5, 5.41) is 11.0. The molecule has 4 aliphatic heterocycles. The molecule has 5 heteroatoms. The van der Waals surface area contributed by atoms with Crippen LogP contribution in [0.4, 0.5) is 4.39 Å². The van der Waals surface area contributed by atoms with Gasteiger partial charge in [-0.05, 0) is 86.0 Å². The molecule has 30 heavy (non-hydrogen) atoms. The maximum atomic E-state index is 13.6. The Balaban J connectivity index is 1.42. The molecule has 4 heterocycles. The summed E-state index contributed by atoms with van der Waals surface area (Å²) in [5.74, 6) is -0.482. The van der Waals surface area contributed by atoms with E-state index in [9.17, 15) is 14.3 Å². The third-order valence-electron chi connectivity index (χ3n) is 7.54. The molecule has 0 saturated carbocycles. The fourth-order valence-corrected chi connectivity index (χ4v) is 5.70. The van der Waals surface area contributed by atoms with E-state index in [1.165, 1.54) is 17.7 Å². The second-order valence-electron chi connectivity index (χ2n) is 9.25. The number of halogens is 1. The summed E-state index contributed by atoms with van der Waals surface area (Å²) in [4.78, 5) is 17.8. The number of piperidine rings is 3. The topological polar surface area (TPSA) is 43.8 Å². The van der Waals surface area contributed by atoms with Crippen LogP contribution in [0.3, 0.4) is 0 Å². The van der Waals surface area contributed by atoms with Gasteiger partial charge in [-0.1, -0.05) is 36.4 Å². The average Bonchev–Trinajstić information content (AvgIpc) is 2.79. The predicted octanol–water partition coefficient (Wildman–Crippen LogP) is 3.54. The SMILES string of the molecule is O=C([C@@H](O)CC12CCN(CC1)CC2)N1CCc2ccccc2[C@@H]1c1ccc(F)cc1. The highest BCUT2D eigenvalue weighted by molar-refractivity contribution is 5.82. The van der Waals surface area contributed by atoms with Gasteiger partial charge in [0.1, 0.15) is 11.9 Å². The largest absolute Gasteiger partial charge is 0.383 e. The molecular formula is C25H29FN2O2. The van der Waals surface area contributed by atoms with Gasteiger partial charge >= 0.3 is 0 Å². The fourth-order valence-electron chi connectivity index (χ4n) is 5.70. The summed E-state index contributed by atoms with van der Waals surface area (Å²) < 4.78 is 13.6. The van der Waals surface area contributed by atoms with Crippen LogP contribution in [-0.4, -0.2) is 53.1 Å². The Hall–Kier alpha value is -2.24. The summed E-state index contributed by atoms with van der Waals surface area (Å²) in [6.45, 7) is 3.80. The van der Waals surface area contributed by atoms with Gasteiger partial charge in [-0.3, -0.25) is 4.79 Å². The first-order chi connectivity index (χ1) is 14.5. The lowest BCUT2D eigenvalue weighted by atomic mass is 9.68. The molecule has 0 radical (unpaired) electrons. The summed E-state index contributed by atoms with van der Waals surface area (Å²) >= 11 is 0. The van der Waals surface area contributed by atoms with E-state index < -0.39 is 6.10 Å². The Morgan fingerprint density at radius 1 is 1.03 bits per heavy atom. The first-order valence-electron chi connectivity index (χ1n) is 11.1. The molecule has 4 nitrogen and oxygen atoms in total. The van der Waals surface area contributed by atoms with Gasteiger partial charge < -0.3 is 14.9 Å². The number of hydrogen-bond acceptors (Lipinski definition) is 3. The lowest BCUT2D eigenvalue weighted by Gasteiger charge is -2.49. The number of nitrogens with zero attached hydrogens (tertiary/aromatic N) is 2. The second kappa shape index (κ2) is 7.78. The van der Waals surface area contributed by atoms with Crippen LogP contribution < -0.4 is 0 Å². The Bertz CT molecular complexity index is 907. The van der Waals surface area contributed by atoms with Crippen molar-refractivity contribution in [2.24, 2.45) is 5.41 Å². The van der Waals surface area contributed by atoms with Gasteiger partial charge in [-0.2, -0.15) is 0 Å². The van der Waals surface area contributed by atoms with Gasteiger partial charge in [0, 0.05) is 6.54 Å². The Labute approximate surface area is 177 Å². The Kier molecular flexibility index (Phi) is 5.11. The molecule has 2 atom stereocenters. The lowest BCUT2D eigenvalue weighted by molar-refractivity contribution is -0.145. The van der Waals surface area contributed by atoms with Gasteiger partial charge in [-0.25, -0.2) is 4.39 Å². The van der Waals surface area contributed by atoms with E-state index in [-0.39, 0.29) is 23.2 Å². The highest BCUT2D eigenvalue weighted by atomic mass is 19.1. The fraction of sp³-hybridized carbons (Fsp3) is 0.480. The number of amides is 1. The minimum Gasteiger partial charge on any atom is -0.383 e. The number of fused-ring (bicyclic) bond motifs is 4. The van der Waals surface area contributed by atoms with Gasteiger partial charge in [-0.15, -0.1) is 0 Å². The van der Waals surface area contributed by atoms with Gasteiger partial charge in [0.05, 0.1) is 6.04 Å². The summed E-state index contributed by atoms with van der Waals surface area (Å²) in [6.07, 6.45) is 3.55. The summed E-state index contributed by atoms with van der Waals surface area (Å²) in [7, 11) is 0. The van der Waals surface area contributed by atoms with Crippen molar-refractivity contribution in [2.45, 2.75) is 44.2 Å². The maximum Gasteiger partial charge on any atom is 0.252 e. The zero-order valence-electron chi connectivity index (χ0n) is 17.3. The smallest absolute Gasteiger partial charge is 0.252 e. The molecule has 2 aromatic rings. The standard InChI is InChI=1S/C25H29FN2O2/c26-20-7-5-19(6-8-20)23-21-4-2-1-3-18(21)9-13-28(23)24(30)22(29)17-25-10-14-27(15-11-25)16-12-25/h1-8,22-23,29H,9-17H2/t22-,23-/m0/s1. The third-order valence-corrected chi connectivity index (χ3v) is 7.54. The van der Waals surface area contributed by atoms with E-state index in [1.807, 2.05) is 23.1 Å². The zero-order valence-corrected chi connectivity index (χ0v) is 17.3. The van der Waals surface area contributed by atoms with Crippen molar-refractivity contribution in [1.29, 1.82) is 0 Å². The van der Waals surface area contributed by atoms with Crippen molar-refractivity contribution >= 4 is 5.91 Å². The van der Waals surface area contributed by atoms with E-state index in [1.54, 1.807) is 12.1 Å². The number of carbonyl (C=O) groups excluding carboxylic acids is 1. The highest BCUT2D eigenvalue weighted by Crippen LogP contribution is 2.44. The van der Waals surface area contributed by atoms with Crippen molar-refractivity contribution in [3.8, 4) is 0 Å². The van der Waals surface area contributed by atoms with E-state index in [0.717, 1.165) is 56.4 Å². The van der Waals surface area contributed by atoms with Crippen molar-refractivity contribution in [1.82, 2.24) is 9.80 Å². The molecule has 158 valence electrons. The third kappa shape index (κ3) is 3.54. The maximum absolute atomic E-state index is 13.6. The monoisotopic (exact) mass is 408 g/mol. The summed E-state index contributed by atoms with van der Waals surface area (Å²) in [5.41, 5.74) is 3.26. The lowest BCUT2D eigenvalue weighted by Crippen LogP contribution is -2.52. The van der Waals surface area contributed by atoms with Crippen molar-refractivity contribution in [3.63, 3.8) is 0 Å². The van der Waals surface area contributed by atoms with Crippen LogP contribution >= 0.6 is 0 Å². The van der Waals surface area contributed by atoms with Crippen LogP contribution in [-0.2, 0) is 11.2 Å². The molecule has 1 N–H and O–H groups in total. The van der Waals surface area contributed by atoms with Crippen LogP contribution in [0.2, 0.25) is 0 Å². The zero-order chi connectivity index (χ0) is 20.7. The number of aliphatic hydroxyl groups excluding tert-OH is 1.